The van der Waals surface area contributed by atoms with Gasteiger partial charge < -0.3 is 10.1 Å². The molecule has 0 aliphatic carbocycles. The van der Waals surface area contributed by atoms with Crippen molar-refractivity contribution in [2.24, 2.45) is 0 Å². The molecule has 0 radical (unpaired) electrons. The quantitative estimate of drug-likeness (QED) is 0.906. The lowest BCUT2D eigenvalue weighted by atomic mass is 10.0. The maximum absolute atomic E-state index is 13.4. The number of ether oxygens (including phenoxy) is 1. The lowest BCUT2D eigenvalue weighted by Crippen LogP contribution is -2.28. The number of benzene rings is 1. The van der Waals surface area contributed by atoms with Gasteiger partial charge in [-0.25, -0.2) is 4.39 Å². The number of amides is 1. The van der Waals surface area contributed by atoms with Gasteiger partial charge >= 0.3 is 0 Å². The Balaban J connectivity index is 2.12. The number of carbonyl (C=O) groups excluding carboxylic acids is 1. The van der Waals surface area contributed by atoms with Crippen LogP contribution < -0.4 is 10.1 Å². The van der Waals surface area contributed by atoms with E-state index in [9.17, 15) is 9.18 Å². The van der Waals surface area contributed by atoms with Crippen molar-refractivity contribution in [3.05, 3.63) is 29.6 Å². The molecule has 1 aliphatic rings. The number of fused-ring (bicyclic) bond motifs is 1. The number of hydrogen-bond donors (Lipinski definition) is 1. The first-order valence-electron chi connectivity index (χ1n) is 6.92. The summed E-state index contributed by atoms with van der Waals surface area (Å²) in [6, 6.07) is 4.35. The van der Waals surface area contributed by atoms with Crippen LogP contribution in [-0.2, 0) is 4.79 Å². The molecular weight excluding hydrogens is 245 g/mol. The van der Waals surface area contributed by atoms with Gasteiger partial charge in [0.2, 0.25) is 5.91 Å². The minimum atomic E-state index is -0.294. The van der Waals surface area contributed by atoms with Crippen LogP contribution in [0.4, 0.5) is 4.39 Å². The zero-order chi connectivity index (χ0) is 13.7. The van der Waals surface area contributed by atoms with E-state index in [4.69, 9.17) is 4.74 Å². The first-order chi connectivity index (χ1) is 9.20. The van der Waals surface area contributed by atoms with E-state index >= 15 is 0 Å². The van der Waals surface area contributed by atoms with E-state index in [1.54, 1.807) is 6.07 Å². The van der Waals surface area contributed by atoms with Crippen molar-refractivity contribution in [3.8, 4) is 5.75 Å². The fraction of sp³-hybridized carbons (Fsp3) is 0.533. The van der Waals surface area contributed by atoms with Crippen LogP contribution in [0.5, 0.6) is 5.75 Å². The van der Waals surface area contributed by atoms with Gasteiger partial charge in [0.25, 0.3) is 0 Å². The molecule has 1 aromatic carbocycles. The van der Waals surface area contributed by atoms with Gasteiger partial charge in [0.1, 0.15) is 11.6 Å². The van der Waals surface area contributed by atoms with Gasteiger partial charge in [0.05, 0.1) is 12.6 Å². The van der Waals surface area contributed by atoms with Crippen LogP contribution >= 0.6 is 0 Å². The summed E-state index contributed by atoms with van der Waals surface area (Å²) >= 11 is 0. The highest BCUT2D eigenvalue weighted by atomic mass is 19.1. The second-order valence-electron chi connectivity index (χ2n) is 4.90. The first-order valence-corrected chi connectivity index (χ1v) is 6.92. The lowest BCUT2D eigenvalue weighted by molar-refractivity contribution is -0.122. The van der Waals surface area contributed by atoms with Gasteiger partial charge in [-0.1, -0.05) is 13.3 Å². The predicted octanol–water partition coefficient (Wildman–Crippen LogP) is 3.35. The molecule has 1 N–H and O–H groups in total. The molecule has 1 unspecified atom stereocenters. The Bertz CT molecular complexity index is 448. The Kier molecular flexibility index (Phi) is 4.77. The maximum atomic E-state index is 13.4. The Morgan fingerprint density at radius 2 is 2.37 bits per heavy atom. The summed E-state index contributed by atoms with van der Waals surface area (Å²) in [5, 5.41) is 2.99. The predicted molar refractivity (Wildman–Crippen MR) is 71.5 cm³/mol. The van der Waals surface area contributed by atoms with Gasteiger partial charge in [-0.2, -0.15) is 0 Å². The normalized spacial score (nSPS) is 18.1. The number of hydrogen-bond acceptors (Lipinski definition) is 2. The molecular formula is C15H20FNO2. The standard InChI is InChI=1S/C15H20FNO2/c1-2-3-6-15(18)17-13-5-4-9-19-14-8-7-11(16)10-12(13)14/h7-8,10,13H,2-6,9H2,1H3,(H,17,18). The largest absolute Gasteiger partial charge is 0.493 e. The highest BCUT2D eigenvalue weighted by Gasteiger charge is 2.21. The van der Waals surface area contributed by atoms with Crippen LogP contribution in [0, 0.1) is 5.82 Å². The summed E-state index contributed by atoms with van der Waals surface area (Å²) < 4.78 is 19.0. The molecule has 0 fully saturated rings. The van der Waals surface area contributed by atoms with Gasteiger partial charge in [-0.3, -0.25) is 4.79 Å². The average Bonchev–Trinajstić information content (AvgIpc) is 2.59. The van der Waals surface area contributed by atoms with E-state index in [0.717, 1.165) is 31.2 Å². The number of carbonyl (C=O) groups is 1. The van der Waals surface area contributed by atoms with E-state index in [2.05, 4.69) is 12.2 Å². The van der Waals surface area contributed by atoms with Crippen molar-refractivity contribution >= 4 is 5.91 Å². The number of halogens is 1. The fourth-order valence-electron chi connectivity index (χ4n) is 2.30. The topological polar surface area (TPSA) is 38.3 Å². The van der Waals surface area contributed by atoms with Crippen molar-refractivity contribution in [2.75, 3.05) is 6.61 Å². The third-order valence-corrected chi connectivity index (χ3v) is 3.33. The van der Waals surface area contributed by atoms with Crippen molar-refractivity contribution < 1.29 is 13.9 Å². The van der Waals surface area contributed by atoms with E-state index in [1.165, 1.54) is 12.1 Å². The zero-order valence-corrected chi connectivity index (χ0v) is 11.2. The highest BCUT2D eigenvalue weighted by molar-refractivity contribution is 5.76. The summed E-state index contributed by atoms with van der Waals surface area (Å²) in [7, 11) is 0. The summed E-state index contributed by atoms with van der Waals surface area (Å²) in [5.41, 5.74) is 0.752. The monoisotopic (exact) mass is 265 g/mol. The SMILES string of the molecule is CCCCC(=O)NC1CCCOc2ccc(F)cc21. The Morgan fingerprint density at radius 1 is 1.53 bits per heavy atom. The molecule has 4 heteroatoms. The van der Waals surface area contributed by atoms with Crippen LogP contribution in [-0.4, -0.2) is 12.5 Å². The Morgan fingerprint density at radius 3 is 3.16 bits per heavy atom. The van der Waals surface area contributed by atoms with Gasteiger partial charge in [-0.15, -0.1) is 0 Å². The van der Waals surface area contributed by atoms with E-state index in [0.29, 0.717) is 18.8 Å². The zero-order valence-electron chi connectivity index (χ0n) is 11.2. The minimum absolute atomic E-state index is 0.0314. The molecule has 104 valence electrons. The molecule has 1 aromatic rings. The summed E-state index contributed by atoms with van der Waals surface area (Å²) in [6.45, 7) is 2.66. The van der Waals surface area contributed by atoms with Crippen molar-refractivity contribution in [3.63, 3.8) is 0 Å². The molecule has 1 atom stereocenters. The lowest BCUT2D eigenvalue weighted by Gasteiger charge is -2.18. The molecule has 3 nitrogen and oxygen atoms in total. The second-order valence-corrected chi connectivity index (χ2v) is 4.90. The smallest absolute Gasteiger partial charge is 0.220 e. The molecule has 0 spiro atoms. The number of unbranched alkanes of at least 4 members (excludes halogenated alkanes) is 1. The Labute approximate surface area is 113 Å². The molecule has 1 heterocycles. The molecule has 2 rings (SSSR count). The van der Waals surface area contributed by atoms with Crippen molar-refractivity contribution in [1.29, 1.82) is 0 Å². The van der Waals surface area contributed by atoms with Crippen LogP contribution in [0.3, 0.4) is 0 Å². The molecule has 19 heavy (non-hydrogen) atoms. The van der Waals surface area contributed by atoms with Crippen LogP contribution in [0.2, 0.25) is 0 Å². The molecule has 0 saturated carbocycles. The third kappa shape index (κ3) is 3.69. The maximum Gasteiger partial charge on any atom is 0.220 e. The van der Waals surface area contributed by atoms with E-state index in [1.807, 2.05) is 0 Å². The van der Waals surface area contributed by atoms with E-state index in [-0.39, 0.29) is 17.8 Å². The minimum Gasteiger partial charge on any atom is -0.493 e. The summed E-state index contributed by atoms with van der Waals surface area (Å²) in [6.07, 6.45) is 4.04. The van der Waals surface area contributed by atoms with E-state index < -0.39 is 0 Å². The molecule has 0 aromatic heterocycles. The first kappa shape index (κ1) is 13.8. The Hall–Kier alpha value is -1.58. The molecule has 1 aliphatic heterocycles. The molecule has 1 amide bonds. The molecule has 0 bridgehead atoms. The van der Waals surface area contributed by atoms with Crippen LogP contribution in [0.15, 0.2) is 18.2 Å². The van der Waals surface area contributed by atoms with Crippen molar-refractivity contribution in [2.45, 2.75) is 45.1 Å². The second kappa shape index (κ2) is 6.55. The third-order valence-electron chi connectivity index (χ3n) is 3.33. The fourth-order valence-corrected chi connectivity index (χ4v) is 2.30. The average molecular weight is 265 g/mol. The number of rotatable bonds is 4. The van der Waals surface area contributed by atoms with Gasteiger partial charge in [0.15, 0.2) is 0 Å². The summed E-state index contributed by atoms with van der Waals surface area (Å²) in [5.74, 6) is 0.417. The van der Waals surface area contributed by atoms with Crippen LogP contribution in [0.1, 0.15) is 50.6 Å². The number of nitrogens with one attached hydrogen (secondary N) is 1. The highest BCUT2D eigenvalue weighted by Crippen LogP contribution is 2.32. The van der Waals surface area contributed by atoms with Gasteiger partial charge in [0, 0.05) is 12.0 Å². The molecule has 0 saturated heterocycles. The van der Waals surface area contributed by atoms with Gasteiger partial charge in [-0.05, 0) is 37.5 Å². The summed E-state index contributed by atoms with van der Waals surface area (Å²) in [4.78, 5) is 11.8. The van der Waals surface area contributed by atoms with Crippen molar-refractivity contribution in [1.82, 2.24) is 5.32 Å². The van der Waals surface area contributed by atoms with Crippen LogP contribution in [0.25, 0.3) is 0 Å².